The Hall–Kier alpha value is -6.58. The monoisotopic (exact) mass is 651 g/mol. The van der Waals surface area contributed by atoms with Gasteiger partial charge in [-0.2, -0.15) is 0 Å². The lowest BCUT2D eigenvalue weighted by Gasteiger charge is -2.20. The van der Waals surface area contributed by atoms with Gasteiger partial charge in [0.05, 0.1) is 16.9 Å². The third kappa shape index (κ3) is 5.05. The van der Waals surface area contributed by atoms with Gasteiger partial charge in [-0.25, -0.2) is 9.97 Å². The molecule has 0 N–H and O–H groups in total. The molecule has 7 aromatic carbocycles. The van der Waals surface area contributed by atoms with Crippen LogP contribution in [0.15, 0.2) is 176 Å². The molecule has 0 spiro atoms. The zero-order valence-electron chi connectivity index (χ0n) is 28.0. The molecule has 0 atom stereocenters. The number of benzene rings is 7. The zero-order chi connectivity index (χ0) is 33.7. The Morgan fingerprint density at radius 3 is 1.92 bits per heavy atom. The quantitative estimate of drug-likeness (QED) is 0.185. The lowest BCUT2D eigenvalue weighted by molar-refractivity contribution is 0.866. The molecule has 240 valence electrons. The molecule has 2 heterocycles. The van der Waals surface area contributed by atoms with Crippen LogP contribution in [0.25, 0.3) is 83.5 Å². The average Bonchev–Trinajstić information content (AvgIpc) is 3.57. The van der Waals surface area contributed by atoms with E-state index in [1.54, 1.807) is 0 Å². The summed E-state index contributed by atoms with van der Waals surface area (Å²) in [6.45, 7) is 0. The second kappa shape index (κ2) is 12.1. The smallest absolute Gasteiger partial charge is 0.160 e. The minimum absolute atomic E-state index is 0.713. The van der Waals surface area contributed by atoms with Gasteiger partial charge in [0.15, 0.2) is 5.82 Å². The van der Waals surface area contributed by atoms with Crippen LogP contribution in [0.1, 0.15) is 11.3 Å². The van der Waals surface area contributed by atoms with Crippen LogP contribution < -0.4 is 0 Å². The Balaban J connectivity index is 1.17. The molecule has 3 heteroatoms. The van der Waals surface area contributed by atoms with E-state index < -0.39 is 0 Å². The molecule has 0 amide bonds. The van der Waals surface area contributed by atoms with Gasteiger partial charge in [-0.05, 0) is 76.2 Å². The third-order valence-corrected chi connectivity index (χ3v) is 10.3. The number of fused-ring (bicyclic) bond motifs is 7. The zero-order valence-corrected chi connectivity index (χ0v) is 28.0. The second-order valence-corrected chi connectivity index (χ2v) is 13.3. The first kappa shape index (κ1) is 29.3. The average molecular weight is 652 g/mol. The highest BCUT2D eigenvalue weighted by Gasteiger charge is 2.26. The second-order valence-electron chi connectivity index (χ2n) is 13.3. The molecule has 0 bridgehead atoms. The van der Waals surface area contributed by atoms with Crippen LogP contribution in [0, 0.1) is 0 Å². The topological polar surface area (TPSA) is 30.7 Å². The predicted octanol–water partition coefficient (Wildman–Crippen LogP) is 12.0. The van der Waals surface area contributed by atoms with Crippen molar-refractivity contribution in [1.82, 2.24) is 14.5 Å². The standard InChI is InChI=1S/C48H33N3/c1-3-13-32(14-4-1)36-19-11-20-37(29-36)42-31-43(50-48(49-42)35-17-5-2-6-18-35)38-21-12-22-39(30-38)51-44-27-25-33-15-7-9-23-40(33)46(44)47-41-24-10-8-16-34(41)26-28-45(47)51/h1-25,27,29-31H,26,28H2. The van der Waals surface area contributed by atoms with Gasteiger partial charge >= 0.3 is 0 Å². The van der Waals surface area contributed by atoms with Gasteiger partial charge in [0.1, 0.15) is 0 Å². The first-order valence-electron chi connectivity index (χ1n) is 17.6. The first-order valence-corrected chi connectivity index (χ1v) is 17.6. The first-order chi connectivity index (χ1) is 25.3. The normalized spacial score (nSPS) is 12.2. The van der Waals surface area contributed by atoms with Crippen LogP contribution >= 0.6 is 0 Å². The summed E-state index contributed by atoms with van der Waals surface area (Å²) < 4.78 is 2.50. The molecule has 3 nitrogen and oxygen atoms in total. The Bertz CT molecular complexity index is 2740. The van der Waals surface area contributed by atoms with Crippen molar-refractivity contribution in [3.63, 3.8) is 0 Å². The van der Waals surface area contributed by atoms with E-state index in [0.29, 0.717) is 5.82 Å². The fourth-order valence-electron chi connectivity index (χ4n) is 7.92. The van der Waals surface area contributed by atoms with Crippen molar-refractivity contribution in [2.75, 3.05) is 0 Å². The molecule has 0 unspecified atom stereocenters. The van der Waals surface area contributed by atoms with Crippen LogP contribution in [0.5, 0.6) is 0 Å². The summed E-state index contributed by atoms with van der Waals surface area (Å²) in [4.78, 5) is 10.3. The predicted molar refractivity (Wildman–Crippen MR) is 211 cm³/mol. The van der Waals surface area contributed by atoms with E-state index in [9.17, 15) is 0 Å². The van der Waals surface area contributed by atoms with Crippen LogP contribution in [-0.2, 0) is 12.8 Å². The molecule has 9 aromatic rings. The maximum absolute atomic E-state index is 5.20. The lowest BCUT2D eigenvalue weighted by atomic mass is 9.87. The number of hydrogen-bond acceptors (Lipinski definition) is 2. The number of hydrogen-bond donors (Lipinski definition) is 0. The summed E-state index contributed by atoms with van der Waals surface area (Å²) in [7, 11) is 0. The molecule has 51 heavy (non-hydrogen) atoms. The van der Waals surface area contributed by atoms with Crippen LogP contribution in [0.2, 0.25) is 0 Å². The maximum Gasteiger partial charge on any atom is 0.160 e. The Morgan fingerprint density at radius 1 is 0.451 bits per heavy atom. The minimum atomic E-state index is 0.713. The van der Waals surface area contributed by atoms with Crippen LogP contribution in [0.3, 0.4) is 0 Å². The van der Waals surface area contributed by atoms with Gasteiger partial charge in [0, 0.05) is 39.0 Å². The Morgan fingerprint density at radius 2 is 1.10 bits per heavy atom. The fourth-order valence-corrected chi connectivity index (χ4v) is 7.92. The van der Waals surface area contributed by atoms with Crippen molar-refractivity contribution in [3.05, 3.63) is 187 Å². The maximum atomic E-state index is 5.20. The summed E-state index contributed by atoms with van der Waals surface area (Å²) in [6.07, 6.45) is 2.00. The van der Waals surface area contributed by atoms with E-state index in [2.05, 4.69) is 162 Å². The van der Waals surface area contributed by atoms with Gasteiger partial charge in [-0.1, -0.05) is 146 Å². The molecule has 1 aliphatic carbocycles. The molecule has 0 fully saturated rings. The summed E-state index contributed by atoms with van der Waals surface area (Å²) in [6, 6.07) is 62.8. The van der Waals surface area contributed by atoms with E-state index in [-0.39, 0.29) is 0 Å². The number of aryl methyl sites for hydroxylation is 1. The molecule has 0 radical (unpaired) electrons. The number of rotatable bonds is 5. The van der Waals surface area contributed by atoms with E-state index in [0.717, 1.165) is 52.2 Å². The molecule has 0 aliphatic heterocycles. The van der Waals surface area contributed by atoms with Crippen molar-refractivity contribution < 1.29 is 0 Å². The number of aromatic nitrogens is 3. The fraction of sp³-hybridized carbons (Fsp3) is 0.0417. The molecule has 10 rings (SSSR count). The van der Waals surface area contributed by atoms with Gasteiger partial charge in [-0.15, -0.1) is 0 Å². The van der Waals surface area contributed by atoms with E-state index in [1.165, 1.54) is 49.6 Å². The summed E-state index contributed by atoms with van der Waals surface area (Å²) in [5, 5.41) is 3.89. The molecule has 0 saturated carbocycles. The largest absolute Gasteiger partial charge is 0.313 e. The minimum Gasteiger partial charge on any atom is -0.313 e. The van der Waals surface area contributed by atoms with E-state index >= 15 is 0 Å². The van der Waals surface area contributed by atoms with E-state index in [4.69, 9.17) is 9.97 Å². The highest BCUT2D eigenvalue weighted by atomic mass is 15.0. The van der Waals surface area contributed by atoms with Crippen LogP contribution in [-0.4, -0.2) is 14.5 Å². The van der Waals surface area contributed by atoms with Crippen molar-refractivity contribution in [1.29, 1.82) is 0 Å². The summed E-state index contributed by atoms with van der Waals surface area (Å²) in [5.74, 6) is 0.713. The van der Waals surface area contributed by atoms with Crippen molar-refractivity contribution in [2.45, 2.75) is 12.8 Å². The van der Waals surface area contributed by atoms with Gasteiger partial charge in [0.2, 0.25) is 0 Å². The van der Waals surface area contributed by atoms with Gasteiger partial charge in [0.25, 0.3) is 0 Å². The van der Waals surface area contributed by atoms with Gasteiger partial charge in [-0.3, -0.25) is 0 Å². The Labute approximate surface area is 297 Å². The number of nitrogens with zero attached hydrogens (tertiary/aromatic N) is 3. The molecular formula is C48H33N3. The van der Waals surface area contributed by atoms with E-state index in [1.807, 2.05) is 18.2 Å². The SMILES string of the molecule is c1ccc(-c2cccc(-c3cc(-c4cccc(-n5c6c(c7c8ccccc8ccc75)-c5ccccc5CC6)c4)nc(-c4ccccc4)n3)c2)cc1. The lowest BCUT2D eigenvalue weighted by Crippen LogP contribution is -2.08. The highest BCUT2D eigenvalue weighted by molar-refractivity contribution is 6.16. The highest BCUT2D eigenvalue weighted by Crippen LogP contribution is 2.45. The molecule has 0 saturated heterocycles. The molecule has 2 aromatic heterocycles. The van der Waals surface area contributed by atoms with Crippen molar-refractivity contribution in [2.24, 2.45) is 0 Å². The summed E-state index contributed by atoms with van der Waals surface area (Å²) >= 11 is 0. The Kier molecular flexibility index (Phi) is 6.95. The molecular weight excluding hydrogens is 619 g/mol. The molecule has 1 aliphatic rings. The van der Waals surface area contributed by atoms with Crippen molar-refractivity contribution in [3.8, 4) is 61.8 Å². The summed E-state index contributed by atoms with van der Waals surface area (Å²) in [5.41, 5.74) is 15.1. The van der Waals surface area contributed by atoms with Crippen molar-refractivity contribution >= 4 is 21.7 Å². The van der Waals surface area contributed by atoms with Crippen LogP contribution in [0.4, 0.5) is 0 Å². The third-order valence-electron chi connectivity index (χ3n) is 10.3. The van der Waals surface area contributed by atoms with Gasteiger partial charge < -0.3 is 4.57 Å².